The number of rotatable bonds is 5. The largest absolute Gasteiger partial charge is 0.497 e. The Morgan fingerprint density at radius 3 is 2.64 bits per heavy atom. The number of nitrogens with one attached hydrogen (secondary N) is 1. The van der Waals surface area contributed by atoms with Crippen molar-refractivity contribution in [3.05, 3.63) is 59.1 Å². The van der Waals surface area contributed by atoms with Crippen molar-refractivity contribution in [3.8, 4) is 11.5 Å². The Hall–Kier alpha value is -2.46. The van der Waals surface area contributed by atoms with Crippen LogP contribution in [0, 0.1) is 0 Å². The lowest BCUT2D eigenvalue weighted by Crippen LogP contribution is -2.07. The SMILES string of the molecule is COc1ccc(OC)c(/C=C/C(=O)Nc2cccc(Cl)c2)c1. The molecule has 5 heteroatoms. The van der Waals surface area contributed by atoms with Crippen LogP contribution in [0.5, 0.6) is 11.5 Å². The van der Waals surface area contributed by atoms with Crippen molar-refractivity contribution in [3.63, 3.8) is 0 Å². The van der Waals surface area contributed by atoms with Gasteiger partial charge in [-0.2, -0.15) is 0 Å². The van der Waals surface area contributed by atoms with Gasteiger partial charge in [0.15, 0.2) is 0 Å². The second-order valence-electron chi connectivity index (χ2n) is 4.44. The molecule has 1 N–H and O–H groups in total. The van der Waals surface area contributed by atoms with E-state index in [9.17, 15) is 4.79 Å². The number of anilines is 1. The van der Waals surface area contributed by atoms with E-state index in [1.165, 1.54) is 6.08 Å². The summed E-state index contributed by atoms with van der Waals surface area (Å²) in [6, 6.07) is 12.3. The molecular weight excluding hydrogens is 302 g/mol. The summed E-state index contributed by atoms with van der Waals surface area (Å²) in [4.78, 5) is 11.9. The number of amides is 1. The van der Waals surface area contributed by atoms with E-state index in [1.54, 1.807) is 62.8 Å². The summed E-state index contributed by atoms with van der Waals surface area (Å²) in [5.41, 5.74) is 1.39. The molecule has 0 aliphatic rings. The van der Waals surface area contributed by atoms with Crippen molar-refractivity contribution in [1.29, 1.82) is 0 Å². The average Bonchev–Trinajstić information content (AvgIpc) is 2.52. The third kappa shape index (κ3) is 4.27. The molecular formula is C17H16ClNO3. The van der Waals surface area contributed by atoms with Crippen LogP contribution < -0.4 is 14.8 Å². The number of hydrogen-bond donors (Lipinski definition) is 1. The average molecular weight is 318 g/mol. The Kier molecular flexibility index (Phi) is 5.44. The summed E-state index contributed by atoms with van der Waals surface area (Å²) in [5, 5.41) is 3.30. The van der Waals surface area contributed by atoms with Crippen molar-refractivity contribution in [2.45, 2.75) is 0 Å². The van der Waals surface area contributed by atoms with E-state index in [-0.39, 0.29) is 5.91 Å². The maximum atomic E-state index is 11.9. The van der Waals surface area contributed by atoms with E-state index in [2.05, 4.69) is 5.32 Å². The predicted molar refractivity (Wildman–Crippen MR) is 88.7 cm³/mol. The fraction of sp³-hybridized carbons (Fsp3) is 0.118. The summed E-state index contributed by atoms with van der Waals surface area (Å²) in [6.07, 6.45) is 3.10. The van der Waals surface area contributed by atoms with Gasteiger partial charge in [0.25, 0.3) is 0 Å². The zero-order valence-electron chi connectivity index (χ0n) is 12.3. The lowest BCUT2D eigenvalue weighted by molar-refractivity contribution is -0.111. The normalized spacial score (nSPS) is 10.5. The minimum atomic E-state index is -0.257. The molecule has 0 bridgehead atoms. The van der Waals surface area contributed by atoms with E-state index in [1.807, 2.05) is 0 Å². The Labute approximate surface area is 134 Å². The number of benzene rings is 2. The third-order valence-electron chi connectivity index (χ3n) is 2.94. The highest BCUT2D eigenvalue weighted by atomic mass is 35.5. The molecule has 0 atom stereocenters. The maximum Gasteiger partial charge on any atom is 0.248 e. The molecule has 0 aliphatic carbocycles. The number of hydrogen-bond acceptors (Lipinski definition) is 3. The van der Waals surface area contributed by atoms with Gasteiger partial charge in [-0.25, -0.2) is 0 Å². The standard InChI is InChI=1S/C17H16ClNO3/c1-21-15-7-8-16(22-2)12(10-15)6-9-17(20)19-14-5-3-4-13(18)11-14/h3-11H,1-2H3,(H,19,20)/b9-6+. The monoisotopic (exact) mass is 317 g/mol. The first-order chi connectivity index (χ1) is 10.6. The number of carbonyl (C=O) groups is 1. The molecule has 0 aromatic heterocycles. The number of methoxy groups -OCH3 is 2. The van der Waals surface area contributed by atoms with Gasteiger partial charge < -0.3 is 14.8 Å². The van der Waals surface area contributed by atoms with Crippen LogP contribution in [0.1, 0.15) is 5.56 Å². The van der Waals surface area contributed by atoms with Crippen LogP contribution in [-0.4, -0.2) is 20.1 Å². The lowest BCUT2D eigenvalue weighted by Gasteiger charge is -2.07. The minimum absolute atomic E-state index is 0.257. The molecule has 1 amide bonds. The highest BCUT2D eigenvalue weighted by Crippen LogP contribution is 2.25. The van der Waals surface area contributed by atoms with Crippen LogP contribution in [0.2, 0.25) is 5.02 Å². The highest BCUT2D eigenvalue weighted by Gasteiger charge is 2.03. The Morgan fingerprint density at radius 1 is 1.14 bits per heavy atom. The smallest absolute Gasteiger partial charge is 0.248 e. The van der Waals surface area contributed by atoms with E-state index in [0.29, 0.717) is 22.2 Å². The first-order valence-corrected chi connectivity index (χ1v) is 6.97. The van der Waals surface area contributed by atoms with Crippen molar-refractivity contribution in [2.24, 2.45) is 0 Å². The van der Waals surface area contributed by atoms with Crippen molar-refractivity contribution in [1.82, 2.24) is 0 Å². The summed E-state index contributed by atoms with van der Waals surface area (Å²) >= 11 is 5.87. The van der Waals surface area contributed by atoms with Gasteiger partial charge in [0.1, 0.15) is 11.5 Å². The fourth-order valence-electron chi connectivity index (χ4n) is 1.89. The molecule has 114 valence electrons. The van der Waals surface area contributed by atoms with Crippen molar-refractivity contribution >= 4 is 29.3 Å². The zero-order chi connectivity index (χ0) is 15.9. The summed E-state index contributed by atoms with van der Waals surface area (Å²) in [6.45, 7) is 0. The Morgan fingerprint density at radius 2 is 1.95 bits per heavy atom. The van der Waals surface area contributed by atoms with Crippen LogP contribution in [0.4, 0.5) is 5.69 Å². The molecule has 4 nitrogen and oxygen atoms in total. The first-order valence-electron chi connectivity index (χ1n) is 6.59. The van der Waals surface area contributed by atoms with Gasteiger partial charge in [-0.3, -0.25) is 4.79 Å². The topological polar surface area (TPSA) is 47.6 Å². The van der Waals surface area contributed by atoms with Gasteiger partial charge in [-0.1, -0.05) is 17.7 Å². The second kappa shape index (κ2) is 7.52. The van der Waals surface area contributed by atoms with Crippen LogP contribution in [0.25, 0.3) is 6.08 Å². The molecule has 0 heterocycles. The van der Waals surface area contributed by atoms with Crippen LogP contribution in [-0.2, 0) is 4.79 Å². The summed E-state index contributed by atoms with van der Waals surface area (Å²) in [7, 11) is 3.16. The van der Waals surface area contributed by atoms with Crippen LogP contribution in [0.3, 0.4) is 0 Å². The molecule has 0 saturated heterocycles. The van der Waals surface area contributed by atoms with Gasteiger partial charge in [0.05, 0.1) is 14.2 Å². The lowest BCUT2D eigenvalue weighted by atomic mass is 10.1. The van der Waals surface area contributed by atoms with E-state index < -0.39 is 0 Å². The molecule has 0 spiro atoms. The van der Waals surface area contributed by atoms with Gasteiger partial charge in [-0.05, 0) is 42.5 Å². The molecule has 0 unspecified atom stereocenters. The highest BCUT2D eigenvalue weighted by molar-refractivity contribution is 6.30. The first kappa shape index (κ1) is 15.9. The molecule has 2 aromatic carbocycles. The number of ether oxygens (including phenoxy) is 2. The van der Waals surface area contributed by atoms with Crippen LogP contribution in [0.15, 0.2) is 48.5 Å². The molecule has 2 rings (SSSR count). The molecule has 0 saturated carbocycles. The molecule has 0 fully saturated rings. The molecule has 2 aromatic rings. The summed E-state index contributed by atoms with van der Waals surface area (Å²) < 4.78 is 10.4. The van der Waals surface area contributed by atoms with Gasteiger partial charge >= 0.3 is 0 Å². The van der Waals surface area contributed by atoms with E-state index >= 15 is 0 Å². The number of halogens is 1. The van der Waals surface area contributed by atoms with E-state index in [4.69, 9.17) is 21.1 Å². The van der Waals surface area contributed by atoms with Gasteiger partial charge in [-0.15, -0.1) is 0 Å². The maximum absolute atomic E-state index is 11.9. The predicted octanol–water partition coefficient (Wildman–Crippen LogP) is 4.01. The Bertz CT molecular complexity index is 698. The van der Waals surface area contributed by atoms with E-state index in [0.717, 1.165) is 5.56 Å². The second-order valence-corrected chi connectivity index (χ2v) is 4.88. The fourth-order valence-corrected chi connectivity index (χ4v) is 2.08. The zero-order valence-corrected chi connectivity index (χ0v) is 13.1. The Balaban J connectivity index is 2.12. The third-order valence-corrected chi connectivity index (χ3v) is 3.18. The van der Waals surface area contributed by atoms with Gasteiger partial charge in [0.2, 0.25) is 5.91 Å². The number of carbonyl (C=O) groups excluding carboxylic acids is 1. The molecule has 0 radical (unpaired) electrons. The molecule has 0 aliphatic heterocycles. The molecule has 22 heavy (non-hydrogen) atoms. The van der Waals surface area contributed by atoms with Gasteiger partial charge in [0, 0.05) is 22.3 Å². The summed E-state index contributed by atoms with van der Waals surface area (Å²) in [5.74, 6) is 1.09. The van der Waals surface area contributed by atoms with Crippen molar-refractivity contribution in [2.75, 3.05) is 19.5 Å². The van der Waals surface area contributed by atoms with Crippen molar-refractivity contribution < 1.29 is 14.3 Å². The quantitative estimate of drug-likeness (QED) is 0.848. The minimum Gasteiger partial charge on any atom is -0.497 e. The van der Waals surface area contributed by atoms with Crippen LogP contribution >= 0.6 is 11.6 Å².